The van der Waals surface area contributed by atoms with Crippen LogP contribution in [0, 0.1) is 0 Å². The molecule has 0 spiro atoms. The normalized spacial score (nSPS) is 16.4. The summed E-state index contributed by atoms with van der Waals surface area (Å²) in [4.78, 5) is 1.85. The Bertz CT molecular complexity index is 172. The molecule has 0 aliphatic heterocycles. The summed E-state index contributed by atoms with van der Waals surface area (Å²) >= 11 is -2.61. The molecule has 0 radical (unpaired) electrons. The molecule has 3 atom stereocenters. The van der Waals surface area contributed by atoms with Crippen molar-refractivity contribution in [3.05, 3.63) is 0 Å². The van der Waals surface area contributed by atoms with Crippen LogP contribution in [0.5, 0.6) is 0 Å². The molecule has 0 aliphatic rings. The van der Waals surface area contributed by atoms with E-state index >= 15 is 0 Å². The van der Waals surface area contributed by atoms with Gasteiger partial charge in [-0.15, -0.1) is 0 Å². The second-order valence-electron chi connectivity index (χ2n) is 4.00. The average Bonchev–Trinajstić information content (AvgIpc) is 1.96. The lowest BCUT2D eigenvalue weighted by Crippen LogP contribution is -2.40. The molecule has 5 N–H and O–H groups in total. The summed E-state index contributed by atoms with van der Waals surface area (Å²) in [6.45, 7) is 6.52. The van der Waals surface area contributed by atoms with Crippen LogP contribution in [0.15, 0.2) is 0 Å². The Hall–Kier alpha value is -0.0900. The smallest absolute Gasteiger partial charge is 0.299 e. The minimum Gasteiger partial charge on any atom is -0.392 e. The zero-order chi connectivity index (χ0) is 14.0. The standard InChI is InChI=1S/C9H21NO3.H2O3S/c1-7(11)4-10(5-8(2)12)6-9(3)13;1-4(2)3/h7-9,11-13H,4-6H2,1-3H3;(H2,1,2,3). The topological polar surface area (TPSA) is 121 Å². The van der Waals surface area contributed by atoms with Crippen LogP contribution in [0.25, 0.3) is 0 Å². The van der Waals surface area contributed by atoms with Crippen LogP contribution < -0.4 is 0 Å². The second kappa shape index (κ2) is 11.0. The van der Waals surface area contributed by atoms with Crippen molar-refractivity contribution in [1.29, 1.82) is 0 Å². The minimum absolute atomic E-state index is 0.433. The average molecular weight is 273 g/mol. The molecule has 3 unspecified atom stereocenters. The Morgan fingerprint density at radius 2 is 1.06 bits per heavy atom. The summed E-state index contributed by atoms with van der Waals surface area (Å²) < 4.78 is 22.8. The van der Waals surface area contributed by atoms with Gasteiger partial charge in [0.25, 0.3) is 11.4 Å². The molecule has 106 valence electrons. The van der Waals surface area contributed by atoms with Gasteiger partial charge in [0.05, 0.1) is 18.3 Å². The van der Waals surface area contributed by atoms with Crippen LogP contribution >= 0.6 is 0 Å². The quantitative estimate of drug-likeness (QED) is 0.398. The zero-order valence-corrected chi connectivity index (χ0v) is 11.2. The SMILES string of the molecule is CC(O)CN(CC(C)O)CC(C)O.O=S(O)O. The maximum Gasteiger partial charge on any atom is 0.299 e. The molecule has 0 fully saturated rings. The Balaban J connectivity index is 0. The molecule has 17 heavy (non-hydrogen) atoms. The molecule has 0 aromatic heterocycles. The summed E-state index contributed by atoms with van der Waals surface area (Å²) in [6.07, 6.45) is -1.30. The van der Waals surface area contributed by atoms with Gasteiger partial charge in [-0.05, 0) is 20.8 Å². The summed E-state index contributed by atoms with van der Waals surface area (Å²) in [5.41, 5.74) is 0. The molecular formula is C9H23NO6S. The van der Waals surface area contributed by atoms with Gasteiger partial charge in [0, 0.05) is 19.6 Å². The van der Waals surface area contributed by atoms with Gasteiger partial charge < -0.3 is 15.3 Å². The molecule has 0 bridgehead atoms. The number of aliphatic hydroxyl groups excluding tert-OH is 3. The van der Waals surface area contributed by atoms with E-state index in [0.29, 0.717) is 19.6 Å². The highest BCUT2D eigenvalue weighted by atomic mass is 32.2. The molecule has 7 nitrogen and oxygen atoms in total. The van der Waals surface area contributed by atoms with E-state index in [1.54, 1.807) is 20.8 Å². The third kappa shape index (κ3) is 21.7. The van der Waals surface area contributed by atoms with Gasteiger partial charge in [-0.3, -0.25) is 14.0 Å². The van der Waals surface area contributed by atoms with Crippen LogP contribution in [0.3, 0.4) is 0 Å². The van der Waals surface area contributed by atoms with E-state index in [1.165, 1.54) is 0 Å². The van der Waals surface area contributed by atoms with Crippen molar-refractivity contribution >= 4 is 11.4 Å². The van der Waals surface area contributed by atoms with Gasteiger partial charge in [-0.2, -0.15) is 4.21 Å². The molecular weight excluding hydrogens is 250 g/mol. The fourth-order valence-electron chi connectivity index (χ4n) is 1.34. The first-order valence-electron chi connectivity index (χ1n) is 5.21. The Morgan fingerprint density at radius 3 is 1.18 bits per heavy atom. The van der Waals surface area contributed by atoms with Crippen molar-refractivity contribution in [2.45, 2.75) is 39.1 Å². The maximum atomic E-state index is 9.14. The fraction of sp³-hybridized carbons (Fsp3) is 1.00. The molecule has 0 heterocycles. The maximum absolute atomic E-state index is 9.14. The molecule has 0 saturated heterocycles. The van der Waals surface area contributed by atoms with Gasteiger partial charge in [0.15, 0.2) is 0 Å². The lowest BCUT2D eigenvalue weighted by molar-refractivity contribution is 0.0530. The highest BCUT2D eigenvalue weighted by Crippen LogP contribution is 1.97. The zero-order valence-electron chi connectivity index (χ0n) is 10.4. The van der Waals surface area contributed by atoms with E-state index in [-0.39, 0.29) is 0 Å². The third-order valence-electron chi connectivity index (χ3n) is 1.57. The number of nitrogens with zero attached hydrogens (tertiary/aromatic N) is 1. The second-order valence-corrected chi connectivity index (χ2v) is 4.46. The van der Waals surface area contributed by atoms with E-state index < -0.39 is 29.7 Å². The first-order chi connectivity index (χ1) is 7.65. The van der Waals surface area contributed by atoms with Crippen molar-refractivity contribution < 1.29 is 28.6 Å². The molecule has 0 rings (SSSR count). The number of hydrogen-bond acceptors (Lipinski definition) is 5. The van der Waals surface area contributed by atoms with Crippen LogP contribution in [-0.2, 0) is 11.4 Å². The van der Waals surface area contributed by atoms with Gasteiger partial charge >= 0.3 is 0 Å². The van der Waals surface area contributed by atoms with E-state index in [0.717, 1.165) is 0 Å². The summed E-state index contributed by atoms with van der Waals surface area (Å²) in [5.74, 6) is 0. The Labute approximate surface area is 104 Å². The third-order valence-corrected chi connectivity index (χ3v) is 1.57. The highest BCUT2D eigenvalue weighted by molar-refractivity contribution is 7.73. The van der Waals surface area contributed by atoms with Gasteiger partial charge in [-0.1, -0.05) is 0 Å². The van der Waals surface area contributed by atoms with Gasteiger partial charge in [0.1, 0.15) is 0 Å². The first kappa shape index (κ1) is 19.3. The lowest BCUT2D eigenvalue weighted by atomic mass is 10.2. The fourth-order valence-corrected chi connectivity index (χ4v) is 1.34. The van der Waals surface area contributed by atoms with Crippen molar-refractivity contribution in [3.8, 4) is 0 Å². The molecule has 0 aromatic rings. The van der Waals surface area contributed by atoms with Gasteiger partial charge in [0.2, 0.25) is 0 Å². The number of hydrogen-bond donors (Lipinski definition) is 5. The van der Waals surface area contributed by atoms with Crippen LogP contribution in [0.4, 0.5) is 0 Å². The first-order valence-corrected chi connectivity index (χ1v) is 6.28. The number of rotatable bonds is 6. The van der Waals surface area contributed by atoms with Crippen LogP contribution in [0.1, 0.15) is 20.8 Å². The molecule has 0 saturated carbocycles. The lowest BCUT2D eigenvalue weighted by Gasteiger charge is -2.25. The monoisotopic (exact) mass is 273 g/mol. The number of aliphatic hydroxyl groups is 3. The minimum atomic E-state index is -2.61. The van der Waals surface area contributed by atoms with Gasteiger partial charge in [-0.25, -0.2) is 0 Å². The van der Waals surface area contributed by atoms with Crippen LogP contribution in [0.2, 0.25) is 0 Å². The van der Waals surface area contributed by atoms with Crippen molar-refractivity contribution in [2.24, 2.45) is 0 Å². The molecule has 0 aliphatic carbocycles. The van der Waals surface area contributed by atoms with Crippen LogP contribution in [-0.4, -0.2) is 71.5 Å². The molecule has 8 heteroatoms. The summed E-state index contributed by atoms with van der Waals surface area (Å²) in [7, 11) is 0. The molecule has 0 amide bonds. The van der Waals surface area contributed by atoms with E-state index in [2.05, 4.69) is 0 Å². The van der Waals surface area contributed by atoms with Crippen molar-refractivity contribution in [2.75, 3.05) is 19.6 Å². The van der Waals surface area contributed by atoms with Crippen molar-refractivity contribution in [1.82, 2.24) is 4.90 Å². The Morgan fingerprint density at radius 1 is 0.882 bits per heavy atom. The Kier molecular flexibility index (Phi) is 12.5. The predicted molar refractivity (Wildman–Crippen MR) is 64.9 cm³/mol. The summed E-state index contributed by atoms with van der Waals surface area (Å²) in [5, 5.41) is 27.4. The predicted octanol–water partition coefficient (Wildman–Crippen LogP) is -0.888. The van der Waals surface area contributed by atoms with E-state index in [9.17, 15) is 0 Å². The highest BCUT2D eigenvalue weighted by Gasteiger charge is 2.12. The summed E-state index contributed by atoms with van der Waals surface area (Å²) in [6, 6.07) is 0. The molecule has 0 aromatic carbocycles. The van der Waals surface area contributed by atoms with Crippen molar-refractivity contribution in [3.63, 3.8) is 0 Å². The van der Waals surface area contributed by atoms with E-state index in [1.807, 2.05) is 4.90 Å². The largest absolute Gasteiger partial charge is 0.392 e. The van der Waals surface area contributed by atoms with E-state index in [4.69, 9.17) is 28.6 Å².